The van der Waals surface area contributed by atoms with E-state index >= 15 is 0 Å². The monoisotopic (exact) mass is 383 g/mol. The van der Waals surface area contributed by atoms with Crippen LogP contribution in [0.25, 0.3) is 0 Å². The number of para-hydroxylation sites is 2. The molecule has 0 heterocycles. The molecular formula is C12H10Cl3NO3P2. The zero-order chi connectivity index (χ0) is 15.3. The molecular weight excluding hydrogens is 374 g/mol. The van der Waals surface area contributed by atoms with Gasteiger partial charge in [0.1, 0.15) is 11.5 Å². The highest BCUT2D eigenvalue weighted by Gasteiger charge is 2.31. The van der Waals surface area contributed by atoms with E-state index in [1.807, 2.05) is 0 Å². The third kappa shape index (κ3) is 5.94. The first kappa shape index (κ1) is 16.7. The number of hydrogen-bond donors (Lipinski definition) is 0. The zero-order valence-electron chi connectivity index (χ0n) is 10.5. The van der Waals surface area contributed by atoms with Gasteiger partial charge in [0.2, 0.25) is 5.11 Å². The number of nitrogens with zero attached hydrogens (tertiary/aromatic N) is 1. The van der Waals surface area contributed by atoms with Crippen molar-refractivity contribution in [2.24, 2.45) is 4.52 Å². The maximum Gasteiger partial charge on any atom is 0.565 e. The van der Waals surface area contributed by atoms with Crippen LogP contribution in [0.5, 0.6) is 11.5 Å². The van der Waals surface area contributed by atoms with Gasteiger partial charge in [-0.2, -0.15) is 0 Å². The third-order valence-electron chi connectivity index (χ3n) is 2.14. The van der Waals surface area contributed by atoms with Gasteiger partial charge in [0.05, 0.1) is 0 Å². The summed E-state index contributed by atoms with van der Waals surface area (Å²) < 4.78 is 27.0. The molecule has 2 aromatic carbocycles. The molecule has 0 aromatic heterocycles. The molecule has 0 aliphatic carbocycles. The second-order valence-corrected chi connectivity index (χ2v) is 12.6. The second kappa shape index (κ2) is 7.09. The second-order valence-electron chi connectivity index (χ2n) is 3.79. The molecule has 0 aliphatic heterocycles. The predicted octanol–water partition coefficient (Wildman–Crippen LogP) is 6.92. The summed E-state index contributed by atoms with van der Waals surface area (Å²) in [5, 5.41) is -3.28. The highest BCUT2D eigenvalue weighted by Crippen LogP contribution is 2.72. The first-order chi connectivity index (χ1) is 9.86. The molecule has 112 valence electrons. The van der Waals surface area contributed by atoms with Crippen LogP contribution in [0.3, 0.4) is 0 Å². The SMILES string of the molecule is O=P(N=P(Cl)(Cl)Cl)(Oc1ccccc1)Oc1ccccc1. The summed E-state index contributed by atoms with van der Waals surface area (Å²) in [5.41, 5.74) is 0. The normalized spacial score (nSPS) is 11.8. The lowest BCUT2D eigenvalue weighted by Crippen LogP contribution is -1.98. The topological polar surface area (TPSA) is 47.9 Å². The van der Waals surface area contributed by atoms with Crippen LogP contribution in [0.1, 0.15) is 0 Å². The van der Waals surface area contributed by atoms with E-state index in [0.29, 0.717) is 11.5 Å². The van der Waals surface area contributed by atoms with Crippen LogP contribution >= 0.6 is 46.6 Å². The first-order valence-electron chi connectivity index (χ1n) is 5.68. The van der Waals surface area contributed by atoms with Gasteiger partial charge in [-0.1, -0.05) is 36.4 Å². The van der Waals surface area contributed by atoms with Gasteiger partial charge in [-0.25, -0.2) is 4.57 Å². The van der Waals surface area contributed by atoms with E-state index in [1.165, 1.54) is 0 Å². The average Bonchev–Trinajstić information content (AvgIpc) is 2.38. The third-order valence-corrected chi connectivity index (χ3v) is 6.54. The van der Waals surface area contributed by atoms with Crippen molar-refractivity contribution in [1.29, 1.82) is 0 Å². The Morgan fingerprint density at radius 2 is 1.14 bits per heavy atom. The maximum absolute atomic E-state index is 12.7. The van der Waals surface area contributed by atoms with Gasteiger partial charge in [0.15, 0.2) is 0 Å². The van der Waals surface area contributed by atoms with Crippen LogP contribution in [0.15, 0.2) is 65.2 Å². The molecule has 0 atom stereocenters. The zero-order valence-corrected chi connectivity index (χ0v) is 14.5. The lowest BCUT2D eigenvalue weighted by Gasteiger charge is -2.16. The van der Waals surface area contributed by atoms with Crippen molar-refractivity contribution in [3.8, 4) is 11.5 Å². The molecule has 0 saturated carbocycles. The molecule has 2 rings (SSSR count). The molecule has 0 N–H and O–H groups in total. The van der Waals surface area contributed by atoms with E-state index in [2.05, 4.69) is 4.52 Å². The molecule has 4 nitrogen and oxygen atoms in total. The van der Waals surface area contributed by atoms with E-state index in [0.717, 1.165) is 0 Å². The Kier molecular flexibility index (Phi) is 5.65. The van der Waals surface area contributed by atoms with Crippen molar-refractivity contribution in [3.63, 3.8) is 0 Å². The molecule has 0 amide bonds. The molecule has 21 heavy (non-hydrogen) atoms. The number of halogens is 3. The number of rotatable bonds is 5. The quantitative estimate of drug-likeness (QED) is 0.526. The largest absolute Gasteiger partial charge is 0.565 e. The minimum atomic E-state index is -4.01. The van der Waals surface area contributed by atoms with Gasteiger partial charge in [-0.05, 0) is 58.0 Å². The van der Waals surface area contributed by atoms with Gasteiger partial charge < -0.3 is 9.05 Å². The summed E-state index contributed by atoms with van der Waals surface area (Å²) >= 11 is 17.1. The van der Waals surface area contributed by atoms with Crippen LogP contribution in [0.4, 0.5) is 0 Å². The van der Waals surface area contributed by atoms with Crippen molar-refractivity contribution >= 4 is 46.6 Å². The standard InChI is InChI=1S/C12H10Cl3NO3P2/c13-20(14,15)16-21(17,18-11-7-3-1-4-8-11)19-12-9-5-2-6-10-12/h1-10H. The molecule has 9 heteroatoms. The van der Waals surface area contributed by atoms with Crippen LogP contribution in [0, 0.1) is 0 Å². The van der Waals surface area contributed by atoms with Crippen LogP contribution in [0.2, 0.25) is 0 Å². The van der Waals surface area contributed by atoms with Crippen LogP contribution in [-0.2, 0) is 4.57 Å². The van der Waals surface area contributed by atoms with E-state index < -0.39 is 12.9 Å². The highest BCUT2D eigenvalue weighted by atomic mass is 36.0. The Bertz CT molecular complexity index is 638. The summed E-state index contributed by atoms with van der Waals surface area (Å²) in [7, 11) is -4.01. The Morgan fingerprint density at radius 1 is 0.762 bits per heavy atom. The van der Waals surface area contributed by atoms with Crippen molar-refractivity contribution < 1.29 is 13.6 Å². The first-order valence-corrected chi connectivity index (χ1v) is 11.6. The molecule has 0 spiro atoms. The lowest BCUT2D eigenvalue weighted by atomic mass is 10.3. The molecule has 0 bridgehead atoms. The van der Waals surface area contributed by atoms with Crippen molar-refractivity contribution in [1.82, 2.24) is 0 Å². The highest BCUT2D eigenvalue weighted by molar-refractivity contribution is 8.27. The van der Waals surface area contributed by atoms with Crippen molar-refractivity contribution in [3.05, 3.63) is 60.7 Å². The maximum atomic E-state index is 12.7. The van der Waals surface area contributed by atoms with Gasteiger partial charge in [-0.3, -0.25) is 0 Å². The molecule has 0 saturated heterocycles. The van der Waals surface area contributed by atoms with E-state index in [1.54, 1.807) is 60.7 Å². The molecule has 0 radical (unpaired) electrons. The fourth-order valence-electron chi connectivity index (χ4n) is 1.41. The summed E-state index contributed by atoms with van der Waals surface area (Å²) in [6.45, 7) is 0. The predicted molar refractivity (Wildman–Crippen MR) is 88.7 cm³/mol. The summed E-state index contributed by atoms with van der Waals surface area (Å²) in [5.74, 6) is 0.609. The average molecular weight is 385 g/mol. The summed E-state index contributed by atoms with van der Waals surface area (Å²) in [6.07, 6.45) is 0. The van der Waals surface area contributed by atoms with Gasteiger partial charge >= 0.3 is 7.75 Å². The Morgan fingerprint density at radius 3 is 1.48 bits per heavy atom. The number of hydrogen-bond acceptors (Lipinski definition) is 3. The van der Waals surface area contributed by atoms with Crippen molar-refractivity contribution in [2.75, 3.05) is 0 Å². The Balaban J connectivity index is 2.33. The Labute approximate surface area is 137 Å². The molecule has 2 aromatic rings. The van der Waals surface area contributed by atoms with Crippen LogP contribution in [-0.4, -0.2) is 0 Å². The lowest BCUT2D eigenvalue weighted by molar-refractivity contribution is 0.388. The fraction of sp³-hybridized carbons (Fsp3) is 0. The van der Waals surface area contributed by atoms with Gasteiger partial charge in [0, 0.05) is 0 Å². The van der Waals surface area contributed by atoms with E-state index in [4.69, 9.17) is 42.8 Å². The van der Waals surface area contributed by atoms with Crippen molar-refractivity contribution in [2.45, 2.75) is 0 Å². The molecule has 0 unspecified atom stereocenters. The minimum absolute atomic E-state index is 0.305. The van der Waals surface area contributed by atoms with Crippen LogP contribution < -0.4 is 9.05 Å². The van der Waals surface area contributed by atoms with Gasteiger partial charge in [0.25, 0.3) is 0 Å². The Hall–Kier alpha value is -0.630. The molecule has 0 aliphatic rings. The van der Waals surface area contributed by atoms with Gasteiger partial charge in [-0.15, -0.1) is 4.52 Å². The van der Waals surface area contributed by atoms with E-state index in [9.17, 15) is 4.57 Å². The summed E-state index contributed by atoms with van der Waals surface area (Å²) in [4.78, 5) is 0. The van der Waals surface area contributed by atoms with E-state index in [-0.39, 0.29) is 0 Å². The smallest absolute Gasteiger partial charge is 0.399 e. The minimum Gasteiger partial charge on any atom is -0.399 e. The summed E-state index contributed by atoms with van der Waals surface area (Å²) in [6, 6.07) is 16.9. The number of benzene rings is 2. The molecule has 0 fully saturated rings. The fourth-order valence-corrected chi connectivity index (χ4v) is 5.74.